The Hall–Kier alpha value is -0.350. The molecule has 0 amide bonds. The molecule has 0 unspecified atom stereocenters. The van der Waals surface area contributed by atoms with Crippen LogP contribution in [0, 0.1) is 11.8 Å². The van der Waals surface area contributed by atoms with Gasteiger partial charge in [0.1, 0.15) is 0 Å². The van der Waals surface area contributed by atoms with Gasteiger partial charge in [-0.3, -0.25) is 0 Å². The minimum absolute atomic E-state index is 0.226. The molecule has 0 heterocycles. The predicted octanol–water partition coefficient (Wildman–Crippen LogP) is 1.02. The van der Waals surface area contributed by atoms with Crippen molar-refractivity contribution in [2.45, 2.75) is 38.1 Å². The van der Waals surface area contributed by atoms with Crippen LogP contribution in [0.5, 0.6) is 0 Å². The molecular weight excluding hydrogens is 208 g/mol. The highest BCUT2D eigenvalue weighted by Crippen LogP contribution is 2.44. The zero-order valence-electron chi connectivity index (χ0n) is 9.04. The molecule has 2 fully saturated rings. The van der Waals surface area contributed by atoms with Crippen LogP contribution in [-0.4, -0.2) is 29.4 Å². The van der Waals surface area contributed by atoms with E-state index >= 15 is 0 Å². The van der Waals surface area contributed by atoms with Gasteiger partial charge in [0.05, 0.1) is 0 Å². The highest BCUT2D eigenvalue weighted by Gasteiger charge is 2.39. The zero-order valence-corrected chi connectivity index (χ0v) is 9.85. The average molecular weight is 228 g/mol. The SMILES string of the molecule is OCCCNC(=S)N[C@@H]1C[C@H]2CC[C@@H]1C2. The van der Waals surface area contributed by atoms with E-state index in [0.717, 1.165) is 29.9 Å². The maximum atomic E-state index is 8.65. The second-order valence-corrected chi connectivity index (χ2v) is 5.17. The molecule has 2 bridgehead atoms. The van der Waals surface area contributed by atoms with Crippen molar-refractivity contribution in [3.63, 3.8) is 0 Å². The fourth-order valence-electron chi connectivity index (χ4n) is 2.92. The first-order valence-electron chi connectivity index (χ1n) is 5.95. The minimum atomic E-state index is 0.226. The maximum Gasteiger partial charge on any atom is 0.166 e. The van der Waals surface area contributed by atoms with Crippen molar-refractivity contribution < 1.29 is 5.11 Å². The van der Waals surface area contributed by atoms with E-state index in [1.165, 1.54) is 25.7 Å². The summed E-state index contributed by atoms with van der Waals surface area (Å²) >= 11 is 5.22. The van der Waals surface area contributed by atoms with Crippen LogP contribution in [0.15, 0.2) is 0 Å². The molecule has 3 N–H and O–H groups in total. The van der Waals surface area contributed by atoms with Gasteiger partial charge in [0, 0.05) is 19.2 Å². The molecule has 3 nitrogen and oxygen atoms in total. The van der Waals surface area contributed by atoms with Crippen molar-refractivity contribution in [1.29, 1.82) is 0 Å². The Kier molecular flexibility index (Phi) is 3.81. The first-order chi connectivity index (χ1) is 7.29. The van der Waals surface area contributed by atoms with Crippen LogP contribution in [0.3, 0.4) is 0 Å². The number of aliphatic hydroxyl groups is 1. The van der Waals surface area contributed by atoms with Crippen LogP contribution in [0.2, 0.25) is 0 Å². The molecule has 2 rings (SSSR count). The van der Waals surface area contributed by atoms with Gasteiger partial charge in [-0.15, -0.1) is 0 Å². The molecule has 15 heavy (non-hydrogen) atoms. The van der Waals surface area contributed by atoms with E-state index in [1.54, 1.807) is 0 Å². The fraction of sp³-hybridized carbons (Fsp3) is 0.909. The Bertz CT molecular complexity index is 235. The summed E-state index contributed by atoms with van der Waals surface area (Å²) in [4.78, 5) is 0. The molecule has 0 aromatic heterocycles. The third kappa shape index (κ3) is 2.82. The van der Waals surface area contributed by atoms with Crippen LogP contribution in [0.1, 0.15) is 32.1 Å². The minimum Gasteiger partial charge on any atom is -0.396 e. The van der Waals surface area contributed by atoms with E-state index in [9.17, 15) is 0 Å². The molecule has 2 saturated carbocycles. The van der Waals surface area contributed by atoms with Crippen molar-refractivity contribution in [2.24, 2.45) is 11.8 Å². The van der Waals surface area contributed by atoms with E-state index in [4.69, 9.17) is 17.3 Å². The fourth-order valence-corrected chi connectivity index (χ4v) is 3.18. The van der Waals surface area contributed by atoms with E-state index in [-0.39, 0.29) is 6.61 Å². The van der Waals surface area contributed by atoms with Gasteiger partial charge in [-0.2, -0.15) is 0 Å². The summed E-state index contributed by atoms with van der Waals surface area (Å²) < 4.78 is 0. The highest BCUT2D eigenvalue weighted by molar-refractivity contribution is 7.80. The lowest BCUT2D eigenvalue weighted by atomic mass is 9.96. The van der Waals surface area contributed by atoms with Crippen molar-refractivity contribution in [1.82, 2.24) is 10.6 Å². The highest BCUT2D eigenvalue weighted by atomic mass is 32.1. The maximum absolute atomic E-state index is 8.65. The predicted molar refractivity (Wildman–Crippen MR) is 64.7 cm³/mol. The van der Waals surface area contributed by atoms with E-state index in [0.29, 0.717) is 6.04 Å². The summed E-state index contributed by atoms with van der Waals surface area (Å²) in [5, 5.41) is 15.9. The largest absolute Gasteiger partial charge is 0.396 e. The Morgan fingerprint density at radius 1 is 1.33 bits per heavy atom. The number of thiocarbonyl (C=S) groups is 1. The first-order valence-corrected chi connectivity index (χ1v) is 6.35. The first kappa shape index (κ1) is 11.1. The summed E-state index contributed by atoms with van der Waals surface area (Å²) in [6.07, 6.45) is 6.26. The summed E-state index contributed by atoms with van der Waals surface area (Å²) in [5.41, 5.74) is 0. The Balaban J connectivity index is 1.66. The van der Waals surface area contributed by atoms with Crippen LogP contribution < -0.4 is 10.6 Å². The number of hydrogen-bond acceptors (Lipinski definition) is 2. The second kappa shape index (κ2) is 5.12. The molecule has 0 aliphatic heterocycles. The molecule has 0 saturated heterocycles. The molecule has 0 spiro atoms. The molecule has 0 aromatic carbocycles. The molecule has 2 aliphatic rings. The van der Waals surface area contributed by atoms with Crippen molar-refractivity contribution in [3.8, 4) is 0 Å². The Morgan fingerprint density at radius 3 is 2.80 bits per heavy atom. The van der Waals surface area contributed by atoms with Crippen LogP contribution in [0.4, 0.5) is 0 Å². The quantitative estimate of drug-likeness (QED) is 0.496. The lowest BCUT2D eigenvalue weighted by Gasteiger charge is -2.24. The smallest absolute Gasteiger partial charge is 0.166 e. The molecular formula is C11H20N2OS. The molecule has 2 aliphatic carbocycles. The van der Waals surface area contributed by atoms with E-state index in [2.05, 4.69) is 10.6 Å². The number of hydrogen-bond donors (Lipinski definition) is 3. The molecule has 86 valence electrons. The normalized spacial score (nSPS) is 33.0. The Labute approximate surface area is 96.6 Å². The number of fused-ring (bicyclic) bond motifs is 2. The Morgan fingerprint density at radius 2 is 2.20 bits per heavy atom. The summed E-state index contributed by atoms with van der Waals surface area (Å²) in [6, 6.07) is 0.609. The standard InChI is InChI=1S/C11H20N2OS/c14-5-1-4-12-11(15)13-10-7-8-2-3-9(10)6-8/h8-10,14H,1-7H2,(H2,12,13,15)/t8-,9+,10+/m0/s1. The van der Waals surface area contributed by atoms with Crippen molar-refractivity contribution in [3.05, 3.63) is 0 Å². The number of nitrogens with one attached hydrogen (secondary N) is 2. The third-order valence-electron chi connectivity index (χ3n) is 3.68. The summed E-state index contributed by atoms with van der Waals surface area (Å²) in [5.74, 6) is 1.81. The third-order valence-corrected chi connectivity index (χ3v) is 3.94. The van der Waals surface area contributed by atoms with Crippen molar-refractivity contribution in [2.75, 3.05) is 13.2 Å². The van der Waals surface area contributed by atoms with Crippen LogP contribution >= 0.6 is 12.2 Å². The average Bonchev–Trinajstić information content (AvgIpc) is 2.79. The number of rotatable bonds is 4. The zero-order chi connectivity index (χ0) is 10.7. The molecule has 4 heteroatoms. The monoisotopic (exact) mass is 228 g/mol. The lowest BCUT2D eigenvalue weighted by molar-refractivity contribution is 0.289. The van der Waals surface area contributed by atoms with Gasteiger partial charge in [0.15, 0.2) is 5.11 Å². The topological polar surface area (TPSA) is 44.3 Å². The molecule has 0 radical (unpaired) electrons. The molecule has 3 atom stereocenters. The number of aliphatic hydroxyl groups excluding tert-OH is 1. The van der Waals surface area contributed by atoms with Gasteiger partial charge in [0.2, 0.25) is 0 Å². The van der Waals surface area contributed by atoms with Gasteiger partial charge >= 0.3 is 0 Å². The van der Waals surface area contributed by atoms with Crippen LogP contribution in [-0.2, 0) is 0 Å². The van der Waals surface area contributed by atoms with E-state index in [1.807, 2.05) is 0 Å². The van der Waals surface area contributed by atoms with Gasteiger partial charge < -0.3 is 15.7 Å². The molecule has 0 aromatic rings. The van der Waals surface area contributed by atoms with E-state index < -0.39 is 0 Å². The van der Waals surface area contributed by atoms with Gasteiger partial charge in [0.25, 0.3) is 0 Å². The van der Waals surface area contributed by atoms with Crippen LogP contribution in [0.25, 0.3) is 0 Å². The van der Waals surface area contributed by atoms with Crippen molar-refractivity contribution >= 4 is 17.3 Å². The van der Waals surface area contributed by atoms with Gasteiger partial charge in [-0.05, 0) is 49.7 Å². The van der Waals surface area contributed by atoms with Gasteiger partial charge in [-0.25, -0.2) is 0 Å². The summed E-state index contributed by atoms with van der Waals surface area (Å²) in [7, 11) is 0. The lowest BCUT2D eigenvalue weighted by Crippen LogP contribution is -2.44. The van der Waals surface area contributed by atoms with Gasteiger partial charge in [-0.1, -0.05) is 6.42 Å². The summed E-state index contributed by atoms with van der Waals surface area (Å²) in [6.45, 7) is 0.993. The second-order valence-electron chi connectivity index (χ2n) is 4.76.